The van der Waals surface area contributed by atoms with E-state index in [1.165, 1.54) is 0 Å². The Morgan fingerprint density at radius 1 is 1.23 bits per heavy atom. The van der Waals surface area contributed by atoms with Crippen molar-refractivity contribution in [3.05, 3.63) is 52.0 Å². The van der Waals surface area contributed by atoms with Crippen LogP contribution in [0.1, 0.15) is 12.5 Å². The molecular weight excluding hydrogens is 323 g/mol. The predicted molar refractivity (Wildman–Crippen MR) is 90.8 cm³/mol. The number of nitrogens with two attached hydrogens (primary N) is 1. The number of rotatable bonds is 4. The lowest BCUT2D eigenvalue weighted by Gasteiger charge is -2.17. The van der Waals surface area contributed by atoms with Gasteiger partial charge in [0, 0.05) is 16.4 Å². The molecule has 2 rings (SSSR count). The van der Waals surface area contributed by atoms with Crippen LogP contribution in [0.2, 0.25) is 10.0 Å². The highest BCUT2D eigenvalue weighted by Gasteiger charge is 2.17. The van der Waals surface area contributed by atoms with Gasteiger partial charge >= 0.3 is 0 Å². The molecule has 0 fully saturated rings. The second kappa shape index (κ2) is 6.90. The molecule has 2 aromatic carbocycles. The Kier molecular flexibility index (Phi) is 5.16. The second-order valence-electron chi connectivity index (χ2n) is 4.90. The lowest BCUT2D eigenvalue weighted by Crippen LogP contribution is -2.30. The van der Waals surface area contributed by atoms with Crippen molar-refractivity contribution in [3.63, 3.8) is 0 Å². The second-order valence-corrected chi connectivity index (χ2v) is 5.74. The normalized spacial score (nSPS) is 11.8. The first kappa shape index (κ1) is 16.5. The lowest BCUT2D eigenvalue weighted by atomic mass is 10.1. The smallest absolute Gasteiger partial charge is 0.265 e. The van der Waals surface area contributed by atoms with Gasteiger partial charge in [-0.3, -0.25) is 4.79 Å². The molecule has 0 heterocycles. The van der Waals surface area contributed by atoms with Crippen molar-refractivity contribution >= 4 is 40.5 Å². The average molecular weight is 339 g/mol. The number of carbonyl (C=O) groups is 1. The van der Waals surface area contributed by atoms with Gasteiger partial charge in [-0.15, -0.1) is 0 Å². The molecule has 4 nitrogen and oxygen atoms in total. The van der Waals surface area contributed by atoms with Gasteiger partial charge in [-0.25, -0.2) is 0 Å². The molecule has 0 bridgehead atoms. The largest absolute Gasteiger partial charge is 0.479 e. The van der Waals surface area contributed by atoms with Crippen molar-refractivity contribution in [1.82, 2.24) is 0 Å². The lowest BCUT2D eigenvalue weighted by molar-refractivity contribution is -0.122. The summed E-state index contributed by atoms with van der Waals surface area (Å²) in [7, 11) is 0. The van der Waals surface area contributed by atoms with Gasteiger partial charge in [-0.2, -0.15) is 0 Å². The van der Waals surface area contributed by atoms with E-state index in [-0.39, 0.29) is 5.91 Å². The number of nitrogen functional groups attached to an aromatic ring is 1. The number of nitrogens with one attached hydrogen (secondary N) is 1. The molecule has 2 aromatic rings. The number of hydrogen-bond donors (Lipinski definition) is 2. The van der Waals surface area contributed by atoms with Crippen LogP contribution in [0, 0.1) is 6.92 Å². The molecule has 0 aliphatic carbocycles. The van der Waals surface area contributed by atoms with Gasteiger partial charge in [0.15, 0.2) is 6.10 Å². The first-order chi connectivity index (χ1) is 10.4. The maximum absolute atomic E-state index is 12.2. The van der Waals surface area contributed by atoms with Crippen LogP contribution >= 0.6 is 23.2 Å². The number of carbonyl (C=O) groups excluding carboxylic acids is 1. The van der Waals surface area contributed by atoms with Crippen LogP contribution in [0.5, 0.6) is 5.75 Å². The maximum atomic E-state index is 12.2. The Labute approximate surface area is 139 Å². The predicted octanol–water partition coefficient (Wildman–Crippen LogP) is 4.29. The fraction of sp³-hybridized carbons (Fsp3) is 0.188. The summed E-state index contributed by atoms with van der Waals surface area (Å²) in [6, 6.07) is 10.2. The van der Waals surface area contributed by atoms with Gasteiger partial charge in [0.2, 0.25) is 0 Å². The zero-order chi connectivity index (χ0) is 16.3. The maximum Gasteiger partial charge on any atom is 0.265 e. The molecule has 116 valence electrons. The zero-order valence-electron chi connectivity index (χ0n) is 12.2. The summed E-state index contributed by atoms with van der Waals surface area (Å²) in [5.41, 5.74) is 7.87. The standard InChI is InChI=1S/C16H16Cl2N2O2/c1-9-3-5-12(19)8-14(9)20-16(21)10(2)22-15-6-4-11(17)7-13(15)18/h3-8,10H,19H2,1-2H3,(H,20,21)/t10-/m0/s1. The van der Waals surface area contributed by atoms with Crippen LogP contribution in [-0.4, -0.2) is 12.0 Å². The number of anilines is 2. The summed E-state index contributed by atoms with van der Waals surface area (Å²) in [5.74, 6) is 0.109. The van der Waals surface area contributed by atoms with Gasteiger partial charge in [0.25, 0.3) is 5.91 Å². The Hall–Kier alpha value is -1.91. The molecule has 0 unspecified atom stereocenters. The molecule has 3 N–H and O–H groups in total. The molecule has 0 saturated heterocycles. The quantitative estimate of drug-likeness (QED) is 0.817. The highest BCUT2D eigenvalue weighted by Crippen LogP contribution is 2.28. The van der Waals surface area contributed by atoms with Crippen LogP contribution in [0.25, 0.3) is 0 Å². The van der Waals surface area contributed by atoms with Crippen molar-refractivity contribution < 1.29 is 9.53 Å². The van der Waals surface area contributed by atoms with Crippen molar-refractivity contribution in [1.29, 1.82) is 0 Å². The molecule has 0 aliphatic rings. The van der Waals surface area contributed by atoms with Crippen LogP contribution in [0.3, 0.4) is 0 Å². The topological polar surface area (TPSA) is 64.3 Å². The summed E-state index contributed by atoms with van der Waals surface area (Å²) in [5, 5.41) is 3.65. The number of benzene rings is 2. The Morgan fingerprint density at radius 2 is 1.95 bits per heavy atom. The minimum Gasteiger partial charge on any atom is -0.479 e. The fourth-order valence-corrected chi connectivity index (χ4v) is 2.28. The van der Waals surface area contributed by atoms with E-state index < -0.39 is 6.10 Å². The Morgan fingerprint density at radius 3 is 2.64 bits per heavy atom. The van der Waals surface area contributed by atoms with Crippen LogP contribution < -0.4 is 15.8 Å². The molecule has 0 aromatic heterocycles. The van der Waals surface area contributed by atoms with Crippen LogP contribution in [-0.2, 0) is 4.79 Å². The third kappa shape index (κ3) is 4.06. The minimum absolute atomic E-state index is 0.292. The third-order valence-corrected chi connectivity index (χ3v) is 3.62. The van der Waals surface area contributed by atoms with Gasteiger partial charge in [0.05, 0.1) is 5.02 Å². The average Bonchev–Trinajstić information content (AvgIpc) is 2.45. The van der Waals surface area contributed by atoms with Crippen LogP contribution in [0.15, 0.2) is 36.4 Å². The number of amides is 1. The van der Waals surface area contributed by atoms with Gasteiger partial charge in [-0.1, -0.05) is 29.3 Å². The molecule has 0 spiro atoms. The van der Waals surface area contributed by atoms with E-state index in [9.17, 15) is 4.79 Å². The Bertz CT molecular complexity index is 705. The highest BCUT2D eigenvalue weighted by atomic mass is 35.5. The van der Waals surface area contributed by atoms with Crippen molar-refractivity contribution in [2.75, 3.05) is 11.1 Å². The summed E-state index contributed by atoms with van der Waals surface area (Å²) >= 11 is 11.9. The molecule has 22 heavy (non-hydrogen) atoms. The summed E-state index contributed by atoms with van der Waals surface area (Å²) in [4.78, 5) is 12.2. The number of ether oxygens (including phenoxy) is 1. The van der Waals surface area contributed by atoms with E-state index in [1.807, 2.05) is 13.0 Å². The molecule has 0 aliphatic heterocycles. The zero-order valence-corrected chi connectivity index (χ0v) is 13.7. The van der Waals surface area contributed by atoms with E-state index >= 15 is 0 Å². The SMILES string of the molecule is Cc1ccc(N)cc1NC(=O)[C@H](C)Oc1ccc(Cl)cc1Cl. The van der Waals surface area contributed by atoms with Crippen molar-refractivity contribution in [3.8, 4) is 5.75 Å². The summed E-state index contributed by atoms with van der Waals surface area (Å²) in [6.45, 7) is 3.53. The van der Waals surface area contributed by atoms with E-state index in [0.29, 0.717) is 27.2 Å². The van der Waals surface area contributed by atoms with Crippen molar-refractivity contribution in [2.24, 2.45) is 0 Å². The molecule has 0 saturated carbocycles. The van der Waals surface area contributed by atoms with E-state index in [0.717, 1.165) is 5.56 Å². The van der Waals surface area contributed by atoms with E-state index in [4.69, 9.17) is 33.7 Å². The fourth-order valence-electron chi connectivity index (χ4n) is 1.82. The van der Waals surface area contributed by atoms with Gasteiger partial charge < -0.3 is 15.8 Å². The molecule has 1 amide bonds. The minimum atomic E-state index is -0.723. The summed E-state index contributed by atoms with van der Waals surface area (Å²) in [6.07, 6.45) is -0.723. The summed E-state index contributed by atoms with van der Waals surface area (Å²) < 4.78 is 5.57. The molecule has 0 radical (unpaired) electrons. The van der Waals surface area contributed by atoms with E-state index in [2.05, 4.69) is 5.32 Å². The number of hydrogen-bond acceptors (Lipinski definition) is 3. The highest BCUT2D eigenvalue weighted by molar-refractivity contribution is 6.35. The first-order valence-corrected chi connectivity index (χ1v) is 7.41. The third-order valence-electron chi connectivity index (χ3n) is 3.09. The van der Waals surface area contributed by atoms with Crippen molar-refractivity contribution in [2.45, 2.75) is 20.0 Å². The van der Waals surface area contributed by atoms with Gasteiger partial charge in [0.1, 0.15) is 5.75 Å². The molecular formula is C16H16Cl2N2O2. The number of halogens is 2. The van der Waals surface area contributed by atoms with E-state index in [1.54, 1.807) is 37.3 Å². The monoisotopic (exact) mass is 338 g/mol. The molecule has 6 heteroatoms. The van der Waals surface area contributed by atoms with Gasteiger partial charge in [-0.05, 0) is 49.7 Å². The number of aryl methyl sites for hydroxylation is 1. The van der Waals surface area contributed by atoms with Crippen LogP contribution in [0.4, 0.5) is 11.4 Å². The first-order valence-electron chi connectivity index (χ1n) is 6.65. The Balaban J connectivity index is 2.07. The molecule has 1 atom stereocenters.